The van der Waals surface area contributed by atoms with Gasteiger partial charge in [0.05, 0.1) is 12.7 Å². The zero-order valence-electron chi connectivity index (χ0n) is 17.1. The molecule has 4 atom stereocenters. The summed E-state index contributed by atoms with van der Waals surface area (Å²) in [6.07, 6.45) is 3.50. The molecular formula is C22H29N3O4. The van der Waals surface area contributed by atoms with Crippen molar-refractivity contribution in [3.8, 4) is 11.5 Å². The molecule has 1 N–H and O–H groups in total. The lowest BCUT2D eigenvalue weighted by molar-refractivity contribution is -0.156. The Balaban J connectivity index is 1.36. The van der Waals surface area contributed by atoms with Crippen molar-refractivity contribution in [3.63, 3.8) is 0 Å². The third-order valence-electron chi connectivity index (χ3n) is 7.40. The molecule has 2 heterocycles. The normalized spacial score (nSPS) is 33.8. The number of ether oxygens (including phenoxy) is 2. The van der Waals surface area contributed by atoms with Crippen LogP contribution < -0.4 is 14.8 Å². The average Bonchev–Trinajstić information content (AvgIpc) is 2.73. The van der Waals surface area contributed by atoms with Gasteiger partial charge in [0.25, 0.3) is 5.91 Å². The number of benzene rings is 1. The number of likely N-dealkylation sites (N-methyl/N-ethyl adjacent to an activating group) is 1. The maximum absolute atomic E-state index is 13.2. The minimum absolute atomic E-state index is 0.0509. The molecule has 1 saturated heterocycles. The van der Waals surface area contributed by atoms with E-state index in [0.29, 0.717) is 29.4 Å². The molecule has 3 saturated carbocycles. The fourth-order valence-corrected chi connectivity index (χ4v) is 5.68. The van der Waals surface area contributed by atoms with E-state index in [2.05, 4.69) is 17.3 Å². The largest absolute Gasteiger partial charge is 0.497 e. The molecule has 4 unspecified atom stereocenters. The van der Waals surface area contributed by atoms with Gasteiger partial charge in [-0.2, -0.15) is 0 Å². The highest BCUT2D eigenvalue weighted by Gasteiger charge is 2.57. The van der Waals surface area contributed by atoms with Gasteiger partial charge in [0.2, 0.25) is 5.91 Å². The van der Waals surface area contributed by atoms with Crippen LogP contribution >= 0.6 is 0 Å². The second-order valence-electron chi connectivity index (χ2n) is 9.02. The van der Waals surface area contributed by atoms with Crippen LogP contribution in [0.5, 0.6) is 11.5 Å². The predicted molar refractivity (Wildman–Crippen MR) is 107 cm³/mol. The van der Waals surface area contributed by atoms with Crippen molar-refractivity contribution in [1.29, 1.82) is 0 Å². The SMILES string of the molecule is COc1ccc2c(c1)OC1(CC3CCC1CC3C(=O)N1CCN(C)CC1)NC2=O. The lowest BCUT2D eigenvalue weighted by atomic mass is 9.59. The minimum Gasteiger partial charge on any atom is -0.497 e. The first-order valence-corrected chi connectivity index (χ1v) is 10.7. The molecule has 7 heteroatoms. The molecule has 1 aromatic carbocycles. The quantitative estimate of drug-likeness (QED) is 0.820. The fraction of sp³-hybridized carbons (Fsp3) is 0.636. The molecule has 4 fully saturated rings. The summed E-state index contributed by atoms with van der Waals surface area (Å²) in [6, 6.07) is 5.32. The number of methoxy groups -OCH3 is 1. The number of fused-ring (bicyclic) bond motifs is 3. The van der Waals surface area contributed by atoms with Gasteiger partial charge in [-0.05, 0) is 44.4 Å². The molecule has 3 aliphatic carbocycles. The molecule has 6 rings (SSSR count). The molecule has 7 nitrogen and oxygen atoms in total. The van der Waals surface area contributed by atoms with Gasteiger partial charge >= 0.3 is 0 Å². The number of rotatable bonds is 2. The van der Waals surface area contributed by atoms with Crippen molar-refractivity contribution in [2.45, 2.75) is 31.4 Å². The summed E-state index contributed by atoms with van der Waals surface area (Å²) in [5, 5.41) is 3.17. The highest BCUT2D eigenvalue weighted by atomic mass is 16.5. The summed E-state index contributed by atoms with van der Waals surface area (Å²) >= 11 is 0. The number of carbonyl (C=O) groups excluding carboxylic acids is 2. The van der Waals surface area contributed by atoms with Crippen molar-refractivity contribution in [1.82, 2.24) is 15.1 Å². The molecule has 2 amide bonds. The van der Waals surface area contributed by atoms with Crippen molar-refractivity contribution >= 4 is 11.8 Å². The first-order chi connectivity index (χ1) is 14.0. The van der Waals surface area contributed by atoms with Gasteiger partial charge in [0, 0.05) is 50.5 Å². The van der Waals surface area contributed by atoms with Gasteiger partial charge in [0.1, 0.15) is 11.5 Å². The standard InChI is InChI=1S/C22H29N3O4/c1-24-7-9-25(10-8-24)21(27)18-11-15-4-3-14(18)13-22(15)23-20(26)17-6-5-16(28-2)12-19(17)29-22/h5-6,12,14-15,18H,3-4,7-11,13H2,1-2H3,(H,23,26). The second-order valence-corrected chi connectivity index (χ2v) is 9.02. The van der Waals surface area contributed by atoms with E-state index in [1.54, 1.807) is 25.3 Å². The van der Waals surface area contributed by atoms with E-state index in [9.17, 15) is 9.59 Å². The van der Waals surface area contributed by atoms with E-state index in [1.807, 2.05) is 4.90 Å². The Bertz CT molecular complexity index is 835. The third-order valence-corrected chi connectivity index (χ3v) is 7.40. The lowest BCUT2D eigenvalue weighted by Crippen LogP contribution is -2.67. The maximum atomic E-state index is 13.2. The average molecular weight is 399 g/mol. The van der Waals surface area contributed by atoms with Gasteiger partial charge < -0.3 is 24.6 Å². The van der Waals surface area contributed by atoms with E-state index in [1.165, 1.54) is 0 Å². The zero-order valence-corrected chi connectivity index (χ0v) is 17.1. The molecule has 2 aliphatic heterocycles. The summed E-state index contributed by atoms with van der Waals surface area (Å²) < 4.78 is 11.8. The fourth-order valence-electron chi connectivity index (χ4n) is 5.68. The second kappa shape index (κ2) is 6.90. The number of amides is 2. The van der Waals surface area contributed by atoms with Crippen LogP contribution in [-0.2, 0) is 4.79 Å². The minimum atomic E-state index is -0.696. The number of hydrogen-bond donors (Lipinski definition) is 1. The van der Waals surface area contributed by atoms with E-state index in [-0.39, 0.29) is 23.7 Å². The molecule has 5 aliphatic rings. The Labute approximate surface area is 171 Å². The highest BCUT2D eigenvalue weighted by molar-refractivity contribution is 5.98. The number of nitrogens with zero attached hydrogens (tertiary/aromatic N) is 2. The zero-order chi connectivity index (χ0) is 20.2. The van der Waals surface area contributed by atoms with Gasteiger partial charge in [-0.1, -0.05) is 0 Å². The summed E-state index contributed by atoms with van der Waals surface area (Å²) in [7, 11) is 3.71. The van der Waals surface area contributed by atoms with E-state index in [4.69, 9.17) is 9.47 Å². The van der Waals surface area contributed by atoms with Crippen LogP contribution in [-0.4, -0.2) is 67.7 Å². The number of piperazine rings is 1. The number of hydrogen-bond acceptors (Lipinski definition) is 5. The first-order valence-electron chi connectivity index (χ1n) is 10.7. The van der Waals surface area contributed by atoms with Crippen LogP contribution in [0, 0.1) is 17.8 Å². The molecule has 2 bridgehead atoms. The van der Waals surface area contributed by atoms with Gasteiger partial charge in [-0.15, -0.1) is 0 Å². The Hall–Kier alpha value is -2.28. The van der Waals surface area contributed by atoms with E-state index < -0.39 is 5.72 Å². The van der Waals surface area contributed by atoms with Crippen molar-refractivity contribution in [2.75, 3.05) is 40.3 Å². The topological polar surface area (TPSA) is 71.1 Å². The highest BCUT2D eigenvalue weighted by Crippen LogP contribution is 2.53. The predicted octanol–water partition coefficient (Wildman–Crippen LogP) is 1.72. The van der Waals surface area contributed by atoms with Crippen LogP contribution in [0.3, 0.4) is 0 Å². The summed E-state index contributed by atoms with van der Waals surface area (Å²) in [5.41, 5.74) is -0.152. The van der Waals surface area contributed by atoms with Crippen LogP contribution in [0.15, 0.2) is 18.2 Å². The van der Waals surface area contributed by atoms with Crippen LogP contribution in [0.4, 0.5) is 0 Å². The monoisotopic (exact) mass is 399 g/mol. The van der Waals surface area contributed by atoms with E-state index in [0.717, 1.165) is 45.4 Å². The van der Waals surface area contributed by atoms with Crippen LogP contribution in [0.25, 0.3) is 0 Å². The molecule has 1 aromatic rings. The molecule has 156 valence electrons. The number of nitrogens with one attached hydrogen (secondary N) is 1. The van der Waals surface area contributed by atoms with Crippen molar-refractivity contribution in [2.24, 2.45) is 17.8 Å². The summed E-state index contributed by atoms with van der Waals surface area (Å²) in [4.78, 5) is 30.4. The smallest absolute Gasteiger partial charge is 0.258 e. The molecule has 29 heavy (non-hydrogen) atoms. The Morgan fingerprint density at radius 3 is 2.72 bits per heavy atom. The van der Waals surface area contributed by atoms with Crippen molar-refractivity contribution in [3.05, 3.63) is 23.8 Å². The lowest BCUT2D eigenvalue weighted by Gasteiger charge is -2.55. The summed E-state index contributed by atoms with van der Waals surface area (Å²) in [6.45, 7) is 3.51. The number of carbonyl (C=O) groups is 2. The molecule has 0 aromatic heterocycles. The molecule has 1 spiro atoms. The van der Waals surface area contributed by atoms with Gasteiger partial charge in [-0.3, -0.25) is 9.59 Å². The van der Waals surface area contributed by atoms with Crippen LogP contribution in [0.2, 0.25) is 0 Å². The molecule has 0 radical (unpaired) electrons. The third kappa shape index (κ3) is 3.06. The van der Waals surface area contributed by atoms with Crippen LogP contribution in [0.1, 0.15) is 36.0 Å². The molecular weight excluding hydrogens is 370 g/mol. The van der Waals surface area contributed by atoms with E-state index >= 15 is 0 Å². The Kier molecular flexibility index (Phi) is 4.46. The van der Waals surface area contributed by atoms with Gasteiger partial charge in [-0.25, -0.2) is 0 Å². The Morgan fingerprint density at radius 1 is 1.24 bits per heavy atom. The van der Waals surface area contributed by atoms with Gasteiger partial charge in [0.15, 0.2) is 5.72 Å². The Morgan fingerprint density at radius 2 is 2.03 bits per heavy atom. The van der Waals surface area contributed by atoms with Crippen molar-refractivity contribution < 1.29 is 19.1 Å². The summed E-state index contributed by atoms with van der Waals surface area (Å²) in [5.74, 6) is 1.92. The first kappa shape index (κ1) is 18.7. The maximum Gasteiger partial charge on any atom is 0.258 e.